The van der Waals surface area contributed by atoms with Crippen LogP contribution < -0.4 is 10.2 Å². The fraction of sp³-hybridized carbons (Fsp3) is 0.632. The van der Waals surface area contributed by atoms with Crippen molar-refractivity contribution in [1.29, 1.82) is 0 Å². The lowest BCUT2D eigenvalue weighted by atomic mass is 10.00. The van der Waals surface area contributed by atoms with E-state index in [1.807, 2.05) is 24.3 Å². The summed E-state index contributed by atoms with van der Waals surface area (Å²) in [5.74, 6) is 0.628. The van der Waals surface area contributed by atoms with Crippen LogP contribution >= 0.6 is 0 Å². The fourth-order valence-corrected chi connectivity index (χ4v) is 3.08. The molecule has 1 heterocycles. The van der Waals surface area contributed by atoms with E-state index in [9.17, 15) is 9.90 Å². The lowest BCUT2D eigenvalue weighted by Gasteiger charge is -2.31. The van der Waals surface area contributed by atoms with Crippen molar-refractivity contribution in [2.45, 2.75) is 58.6 Å². The highest BCUT2D eigenvalue weighted by Crippen LogP contribution is 2.20. The Hall–Kier alpha value is -1.55. The van der Waals surface area contributed by atoms with E-state index < -0.39 is 0 Å². The average molecular weight is 318 g/mol. The largest absolute Gasteiger partial charge is 0.393 e. The molecule has 2 atom stereocenters. The number of anilines is 1. The highest BCUT2D eigenvalue weighted by atomic mass is 16.3. The molecule has 4 nitrogen and oxygen atoms in total. The first-order valence-electron chi connectivity index (χ1n) is 8.83. The molecule has 0 aromatic heterocycles. The number of aliphatic hydroxyl groups is 1. The standard InChI is InChI=1S/C19H30N2O2/c1-4-14(2)13-15(3)20-19(23)16-5-7-17(8-6-16)21-11-9-18(22)10-12-21/h5-8,14-15,18,22H,4,9-13H2,1-3H3,(H,20,23). The molecule has 23 heavy (non-hydrogen) atoms. The lowest BCUT2D eigenvalue weighted by molar-refractivity contribution is 0.0935. The Morgan fingerprint density at radius 3 is 2.43 bits per heavy atom. The van der Waals surface area contributed by atoms with Gasteiger partial charge in [-0.05, 0) is 56.4 Å². The maximum atomic E-state index is 12.3. The number of aliphatic hydroxyl groups excluding tert-OH is 1. The highest BCUT2D eigenvalue weighted by molar-refractivity contribution is 5.94. The number of amides is 1. The maximum Gasteiger partial charge on any atom is 0.251 e. The maximum absolute atomic E-state index is 12.3. The average Bonchev–Trinajstić information content (AvgIpc) is 2.55. The second kappa shape index (κ2) is 8.34. The summed E-state index contributed by atoms with van der Waals surface area (Å²) in [6.45, 7) is 8.21. The Kier molecular flexibility index (Phi) is 6.46. The minimum Gasteiger partial charge on any atom is -0.393 e. The van der Waals surface area contributed by atoms with Crippen molar-refractivity contribution in [3.8, 4) is 0 Å². The molecule has 1 amide bonds. The quantitative estimate of drug-likeness (QED) is 0.847. The van der Waals surface area contributed by atoms with E-state index in [0.29, 0.717) is 11.5 Å². The van der Waals surface area contributed by atoms with Crippen LogP contribution in [-0.4, -0.2) is 36.2 Å². The minimum absolute atomic E-state index is 0.00131. The van der Waals surface area contributed by atoms with Gasteiger partial charge in [-0.15, -0.1) is 0 Å². The summed E-state index contributed by atoms with van der Waals surface area (Å²) in [7, 11) is 0. The van der Waals surface area contributed by atoms with Crippen LogP contribution in [0, 0.1) is 5.92 Å². The zero-order valence-electron chi connectivity index (χ0n) is 14.6. The highest BCUT2D eigenvalue weighted by Gasteiger charge is 2.18. The SMILES string of the molecule is CCC(C)CC(C)NC(=O)c1ccc(N2CCC(O)CC2)cc1. The second-order valence-corrected chi connectivity index (χ2v) is 6.89. The molecule has 2 unspecified atom stereocenters. The van der Waals surface area contributed by atoms with Gasteiger partial charge in [0, 0.05) is 30.4 Å². The molecule has 2 N–H and O–H groups in total. The van der Waals surface area contributed by atoms with Gasteiger partial charge in [0.2, 0.25) is 0 Å². The Bertz CT molecular complexity index is 493. The summed E-state index contributed by atoms with van der Waals surface area (Å²) < 4.78 is 0. The molecule has 128 valence electrons. The molecule has 4 heteroatoms. The molecule has 1 aliphatic heterocycles. The van der Waals surface area contributed by atoms with Crippen LogP contribution in [0.5, 0.6) is 0 Å². The molecule has 0 spiro atoms. The topological polar surface area (TPSA) is 52.6 Å². The number of benzene rings is 1. The number of nitrogens with one attached hydrogen (secondary N) is 1. The number of nitrogens with zero attached hydrogens (tertiary/aromatic N) is 1. The van der Waals surface area contributed by atoms with Gasteiger partial charge in [0.25, 0.3) is 5.91 Å². The van der Waals surface area contributed by atoms with E-state index in [-0.39, 0.29) is 18.1 Å². The van der Waals surface area contributed by atoms with Gasteiger partial charge < -0.3 is 15.3 Å². The summed E-state index contributed by atoms with van der Waals surface area (Å²) in [5.41, 5.74) is 1.84. The molecule has 0 bridgehead atoms. The zero-order valence-corrected chi connectivity index (χ0v) is 14.6. The first-order chi connectivity index (χ1) is 11.0. The van der Waals surface area contributed by atoms with Crippen LogP contribution in [0.4, 0.5) is 5.69 Å². The third-order valence-corrected chi connectivity index (χ3v) is 4.79. The summed E-state index contributed by atoms with van der Waals surface area (Å²) in [6, 6.07) is 8.00. The van der Waals surface area contributed by atoms with Gasteiger partial charge >= 0.3 is 0 Å². The van der Waals surface area contributed by atoms with Crippen LogP contribution in [0.15, 0.2) is 24.3 Å². The van der Waals surface area contributed by atoms with Crippen molar-refractivity contribution in [3.63, 3.8) is 0 Å². The number of carbonyl (C=O) groups is 1. The summed E-state index contributed by atoms with van der Waals surface area (Å²) >= 11 is 0. The van der Waals surface area contributed by atoms with Crippen LogP contribution in [0.25, 0.3) is 0 Å². The van der Waals surface area contributed by atoms with Crippen molar-refractivity contribution in [3.05, 3.63) is 29.8 Å². The van der Waals surface area contributed by atoms with Crippen LogP contribution in [0.3, 0.4) is 0 Å². The van der Waals surface area contributed by atoms with Gasteiger partial charge in [0.05, 0.1) is 6.10 Å². The lowest BCUT2D eigenvalue weighted by Crippen LogP contribution is -2.36. The smallest absolute Gasteiger partial charge is 0.251 e. The molecular formula is C19H30N2O2. The van der Waals surface area contributed by atoms with E-state index in [1.54, 1.807) is 0 Å². The summed E-state index contributed by atoms with van der Waals surface area (Å²) in [6.07, 6.45) is 3.61. The minimum atomic E-state index is -0.164. The molecular weight excluding hydrogens is 288 g/mol. The van der Waals surface area contributed by atoms with Crippen molar-refractivity contribution in [1.82, 2.24) is 5.32 Å². The molecule has 0 aliphatic carbocycles. The number of hydrogen-bond donors (Lipinski definition) is 2. The Morgan fingerprint density at radius 2 is 1.87 bits per heavy atom. The summed E-state index contributed by atoms with van der Waals surface area (Å²) in [5, 5.41) is 12.7. The molecule has 0 radical (unpaired) electrons. The third kappa shape index (κ3) is 5.24. The normalized spacial score (nSPS) is 18.5. The molecule has 1 aliphatic rings. The van der Waals surface area contributed by atoms with Crippen molar-refractivity contribution in [2.24, 2.45) is 5.92 Å². The molecule has 1 fully saturated rings. The number of carbonyl (C=O) groups excluding carboxylic acids is 1. The fourth-order valence-electron chi connectivity index (χ4n) is 3.08. The first kappa shape index (κ1) is 17.8. The van der Waals surface area contributed by atoms with Crippen LogP contribution in [0.1, 0.15) is 56.8 Å². The van der Waals surface area contributed by atoms with Gasteiger partial charge in [0.15, 0.2) is 0 Å². The Morgan fingerprint density at radius 1 is 1.26 bits per heavy atom. The van der Waals surface area contributed by atoms with Crippen molar-refractivity contribution in [2.75, 3.05) is 18.0 Å². The van der Waals surface area contributed by atoms with E-state index in [2.05, 4.69) is 31.0 Å². The predicted octanol–water partition coefficient (Wildman–Crippen LogP) is 3.20. The van der Waals surface area contributed by atoms with Crippen LogP contribution in [0.2, 0.25) is 0 Å². The molecule has 0 saturated carbocycles. The molecule has 2 rings (SSSR count). The molecule has 1 aromatic rings. The van der Waals surface area contributed by atoms with Crippen LogP contribution in [-0.2, 0) is 0 Å². The molecule has 1 saturated heterocycles. The van der Waals surface area contributed by atoms with Crippen molar-refractivity contribution < 1.29 is 9.90 Å². The van der Waals surface area contributed by atoms with E-state index in [4.69, 9.17) is 0 Å². The summed E-state index contributed by atoms with van der Waals surface area (Å²) in [4.78, 5) is 14.6. The van der Waals surface area contributed by atoms with Gasteiger partial charge in [-0.25, -0.2) is 0 Å². The zero-order chi connectivity index (χ0) is 16.8. The van der Waals surface area contributed by atoms with E-state index in [1.165, 1.54) is 0 Å². The molecule has 1 aromatic carbocycles. The second-order valence-electron chi connectivity index (χ2n) is 6.89. The Labute approximate surface area is 139 Å². The van der Waals surface area contributed by atoms with Gasteiger partial charge in [-0.3, -0.25) is 4.79 Å². The number of piperidine rings is 1. The Balaban J connectivity index is 1.90. The van der Waals surface area contributed by atoms with Gasteiger partial charge in [-0.2, -0.15) is 0 Å². The number of rotatable bonds is 6. The third-order valence-electron chi connectivity index (χ3n) is 4.79. The van der Waals surface area contributed by atoms with Gasteiger partial charge in [-0.1, -0.05) is 20.3 Å². The monoisotopic (exact) mass is 318 g/mol. The van der Waals surface area contributed by atoms with E-state index in [0.717, 1.165) is 44.5 Å². The first-order valence-corrected chi connectivity index (χ1v) is 8.83. The van der Waals surface area contributed by atoms with E-state index >= 15 is 0 Å². The van der Waals surface area contributed by atoms with Crippen molar-refractivity contribution >= 4 is 11.6 Å². The van der Waals surface area contributed by atoms with Gasteiger partial charge in [0.1, 0.15) is 0 Å². The number of hydrogen-bond acceptors (Lipinski definition) is 3. The predicted molar refractivity (Wildman–Crippen MR) is 94.9 cm³/mol.